The molecule has 0 spiro atoms. The molecular formula is C13H18BrNO3S. The average molecular weight is 348 g/mol. The number of methoxy groups -OCH3 is 1. The Morgan fingerprint density at radius 3 is 2.26 bits per heavy atom. The van der Waals surface area contributed by atoms with Gasteiger partial charge in [0.15, 0.2) is 0 Å². The molecule has 0 unspecified atom stereocenters. The molecule has 0 atom stereocenters. The molecule has 0 heterocycles. The number of halogens is 1. The molecule has 0 aromatic heterocycles. The summed E-state index contributed by atoms with van der Waals surface area (Å²) in [5.41, 5.74) is 0. The zero-order valence-corrected chi connectivity index (χ0v) is 13.2. The normalized spacial score (nSPS) is 24.1. The Hall–Kier alpha value is -0.590. The summed E-state index contributed by atoms with van der Waals surface area (Å²) >= 11 is 3.57. The third-order valence-electron chi connectivity index (χ3n) is 3.35. The van der Waals surface area contributed by atoms with E-state index < -0.39 is 10.0 Å². The molecule has 1 N–H and O–H groups in total. The lowest BCUT2D eigenvalue weighted by Crippen LogP contribution is -2.37. The summed E-state index contributed by atoms with van der Waals surface area (Å²) in [4.78, 5) is 0.809. The number of ether oxygens (including phenoxy) is 1. The fraction of sp³-hybridized carbons (Fsp3) is 0.538. The molecule has 2 rings (SSSR count). The van der Waals surface area contributed by atoms with Crippen LogP contribution in [-0.2, 0) is 10.0 Å². The largest absolute Gasteiger partial charge is 0.497 e. The van der Waals surface area contributed by atoms with E-state index in [1.54, 1.807) is 31.4 Å². The first kappa shape index (κ1) is 14.8. The smallest absolute Gasteiger partial charge is 0.240 e. The van der Waals surface area contributed by atoms with E-state index in [-0.39, 0.29) is 10.9 Å². The molecule has 1 aliphatic rings. The van der Waals surface area contributed by atoms with Gasteiger partial charge in [-0.05, 0) is 49.9 Å². The van der Waals surface area contributed by atoms with Crippen molar-refractivity contribution in [1.29, 1.82) is 0 Å². The summed E-state index contributed by atoms with van der Waals surface area (Å²) in [6.45, 7) is 0. The van der Waals surface area contributed by atoms with Gasteiger partial charge in [0, 0.05) is 10.9 Å². The van der Waals surface area contributed by atoms with Crippen LogP contribution in [0.1, 0.15) is 25.7 Å². The monoisotopic (exact) mass is 347 g/mol. The van der Waals surface area contributed by atoms with Crippen molar-refractivity contribution >= 4 is 26.0 Å². The predicted molar refractivity (Wildman–Crippen MR) is 78.3 cm³/mol. The van der Waals surface area contributed by atoms with Gasteiger partial charge in [-0.25, -0.2) is 13.1 Å². The third kappa shape index (κ3) is 3.94. The molecule has 106 valence electrons. The molecule has 4 nitrogen and oxygen atoms in total. The minimum atomic E-state index is -3.42. The Morgan fingerprint density at radius 2 is 1.74 bits per heavy atom. The van der Waals surface area contributed by atoms with Gasteiger partial charge in [-0.3, -0.25) is 0 Å². The second kappa shape index (κ2) is 6.24. The fourth-order valence-electron chi connectivity index (χ4n) is 2.21. The van der Waals surface area contributed by atoms with Crippen LogP contribution in [0.5, 0.6) is 5.75 Å². The first-order valence-electron chi connectivity index (χ1n) is 6.32. The molecule has 0 amide bonds. The van der Waals surface area contributed by atoms with Crippen molar-refractivity contribution in [3.05, 3.63) is 24.3 Å². The molecule has 6 heteroatoms. The minimum absolute atomic E-state index is 0.0425. The van der Waals surface area contributed by atoms with Crippen LogP contribution >= 0.6 is 15.9 Å². The lowest BCUT2D eigenvalue weighted by atomic mass is 9.96. The molecule has 1 aromatic carbocycles. The second-order valence-corrected chi connectivity index (χ2v) is 7.75. The molecular weight excluding hydrogens is 330 g/mol. The van der Waals surface area contributed by atoms with Gasteiger partial charge in [-0.2, -0.15) is 0 Å². The van der Waals surface area contributed by atoms with Crippen LogP contribution in [0.4, 0.5) is 0 Å². The molecule has 1 saturated carbocycles. The summed E-state index contributed by atoms with van der Waals surface area (Å²) in [5.74, 6) is 0.652. The lowest BCUT2D eigenvalue weighted by molar-refractivity contribution is 0.414. The molecule has 1 fully saturated rings. The van der Waals surface area contributed by atoms with E-state index in [1.165, 1.54) is 0 Å². The highest BCUT2D eigenvalue weighted by atomic mass is 79.9. The van der Waals surface area contributed by atoms with Gasteiger partial charge in [0.2, 0.25) is 10.0 Å². The standard InChI is InChI=1S/C13H18BrNO3S/c1-18-12-6-8-13(9-7-12)19(16,17)15-11-4-2-10(14)3-5-11/h6-11,15H,2-5H2,1H3. The average Bonchev–Trinajstić information content (AvgIpc) is 2.41. The zero-order chi connectivity index (χ0) is 13.9. The summed E-state index contributed by atoms with van der Waals surface area (Å²) in [6.07, 6.45) is 3.78. The van der Waals surface area contributed by atoms with E-state index in [0.29, 0.717) is 10.6 Å². The maximum atomic E-state index is 12.2. The van der Waals surface area contributed by atoms with Crippen molar-refractivity contribution in [1.82, 2.24) is 4.72 Å². The second-order valence-electron chi connectivity index (χ2n) is 4.75. The number of sulfonamides is 1. The molecule has 0 aliphatic heterocycles. The highest BCUT2D eigenvalue weighted by Gasteiger charge is 2.24. The van der Waals surface area contributed by atoms with Crippen LogP contribution in [0.2, 0.25) is 0 Å². The van der Waals surface area contributed by atoms with Crippen LogP contribution < -0.4 is 9.46 Å². The maximum Gasteiger partial charge on any atom is 0.240 e. The number of alkyl halides is 1. The Balaban J connectivity index is 2.05. The van der Waals surface area contributed by atoms with E-state index in [0.717, 1.165) is 25.7 Å². The summed E-state index contributed by atoms with van der Waals surface area (Å²) in [6, 6.07) is 6.49. The first-order valence-corrected chi connectivity index (χ1v) is 8.71. The predicted octanol–water partition coefficient (Wildman–Crippen LogP) is 2.68. The van der Waals surface area contributed by atoms with Crippen LogP contribution in [0.25, 0.3) is 0 Å². The molecule has 1 aliphatic carbocycles. The van der Waals surface area contributed by atoms with E-state index in [2.05, 4.69) is 20.7 Å². The van der Waals surface area contributed by atoms with Crippen molar-refractivity contribution in [2.75, 3.05) is 7.11 Å². The topological polar surface area (TPSA) is 55.4 Å². The number of hydrogen-bond acceptors (Lipinski definition) is 3. The quantitative estimate of drug-likeness (QED) is 0.852. The lowest BCUT2D eigenvalue weighted by Gasteiger charge is -2.25. The van der Waals surface area contributed by atoms with Crippen molar-refractivity contribution < 1.29 is 13.2 Å². The summed E-state index contributed by atoms with van der Waals surface area (Å²) in [5, 5.41) is 0. The highest BCUT2D eigenvalue weighted by molar-refractivity contribution is 9.09. The Kier molecular flexibility index (Phi) is 4.86. The fourth-order valence-corrected chi connectivity index (χ4v) is 4.05. The van der Waals surface area contributed by atoms with Gasteiger partial charge in [-0.15, -0.1) is 0 Å². The van der Waals surface area contributed by atoms with Gasteiger partial charge < -0.3 is 4.74 Å². The summed E-state index contributed by atoms with van der Waals surface area (Å²) in [7, 11) is -1.87. The Labute approximate surface area is 122 Å². The molecule has 0 bridgehead atoms. The van der Waals surface area contributed by atoms with Crippen LogP contribution in [0, 0.1) is 0 Å². The molecule has 0 saturated heterocycles. The first-order chi connectivity index (χ1) is 9.01. The zero-order valence-electron chi connectivity index (χ0n) is 10.8. The SMILES string of the molecule is COc1ccc(S(=O)(=O)NC2CCC(Br)CC2)cc1. The maximum absolute atomic E-state index is 12.2. The molecule has 0 radical (unpaired) electrons. The van der Waals surface area contributed by atoms with Crippen LogP contribution in [0.3, 0.4) is 0 Å². The number of benzene rings is 1. The van der Waals surface area contributed by atoms with Crippen molar-refractivity contribution in [3.8, 4) is 5.75 Å². The van der Waals surface area contributed by atoms with E-state index in [4.69, 9.17) is 4.74 Å². The highest BCUT2D eigenvalue weighted by Crippen LogP contribution is 2.25. The Bertz CT molecular complexity index is 507. The van der Waals surface area contributed by atoms with Gasteiger partial charge in [-0.1, -0.05) is 15.9 Å². The number of nitrogens with one attached hydrogen (secondary N) is 1. The number of hydrogen-bond donors (Lipinski definition) is 1. The van der Waals surface area contributed by atoms with Gasteiger partial charge in [0.1, 0.15) is 5.75 Å². The van der Waals surface area contributed by atoms with E-state index >= 15 is 0 Å². The molecule has 19 heavy (non-hydrogen) atoms. The molecule has 1 aromatic rings. The Morgan fingerprint density at radius 1 is 1.16 bits per heavy atom. The van der Waals surface area contributed by atoms with Gasteiger partial charge in [0.25, 0.3) is 0 Å². The van der Waals surface area contributed by atoms with E-state index in [1.807, 2.05) is 0 Å². The van der Waals surface area contributed by atoms with Gasteiger partial charge in [0.05, 0.1) is 12.0 Å². The van der Waals surface area contributed by atoms with Crippen molar-refractivity contribution in [3.63, 3.8) is 0 Å². The minimum Gasteiger partial charge on any atom is -0.497 e. The van der Waals surface area contributed by atoms with Crippen LogP contribution in [0.15, 0.2) is 29.2 Å². The summed E-state index contributed by atoms with van der Waals surface area (Å²) < 4.78 is 32.2. The van der Waals surface area contributed by atoms with Crippen molar-refractivity contribution in [2.24, 2.45) is 0 Å². The van der Waals surface area contributed by atoms with Gasteiger partial charge >= 0.3 is 0 Å². The number of rotatable bonds is 4. The van der Waals surface area contributed by atoms with Crippen LogP contribution in [-0.4, -0.2) is 26.4 Å². The van der Waals surface area contributed by atoms with E-state index in [9.17, 15) is 8.42 Å². The third-order valence-corrected chi connectivity index (χ3v) is 5.80. The van der Waals surface area contributed by atoms with Crippen molar-refractivity contribution in [2.45, 2.75) is 41.4 Å².